The van der Waals surface area contributed by atoms with Gasteiger partial charge in [-0.3, -0.25) is 4.79 Å². The number of fused-ring (bicyclic) bond motifs is 1. The molecule has 1 aliphatic carbocycles. The number of aryl methyl sites for hydroxylation is 1. The summed E-state index contributed by atoms with van der Waals surface area (Å²) in [7, 11) is 0. The van der Waals surface area contributed by atoms with Crippen LogP contribution in [-0.2, 0) is 16.8 Å². The lowest BCUT2D eigenvalue weighted by Crippen LogP contribution is -2.38. The van der Waals surface area contributed by atoms with E-state index in [1.54, 1.807) is 17.8 Å². The van der Waals surface area contributed by atoms with Gasteiger partial charge in [0.05, 0.1) is 6.54 Å². The van der Waals surface area contributed by atoms with Gasteiger partial charge >= 0.3 is 0 Å². The van der Waals surface area contributed by atoms with Gasteiger partial charge in [-0.15, -0.1) is 11.8 Å². The fourth-order valence-corrected chi connectivity index (χ4v) is 3.44. The number of carbonyl (C=O) groups excluding carboxylic acids is 1. The summed E-state index contributed by atoms with van der Waals surface area (Å²) < 4.78 is 0. The first-order chi connectivity index (χ1) is 11.6. The van der Waals surface area contributed by atoms with Crippen LogP contribution in [0.5, 0.6) is 0 Å². The van der Waals surface area contributed by atoms with Gasteiger partial charge in [-0.05, 0) is 54.0 Å². The summed E-state index contributed by atoms with van der Waals surface area (Å²) in [6.45, 7) is 0.235. The van der Waals surface area contributed by atoms with Crippen LogP contribution in [0.2, 0.25) is 0 Å². The quantitative estimate of drug-likeness (QED) is 0.649. The number of hydrogen-bond acceptors (Lipinski definition) is 3. The third kappa shape index (κ3) is 3.71. The Morgan fingerprint density at radius 3 is 2.75 bits per heavy atom. The number of rotatable bonds is 5. The van der Waals surface area contributed by atoms with Crippen molar-refractivity contribution in [3.63, 3.8) is 0 Å². The first-order valence-corrected chi connectivity index (χ1v) is 9.24. The van der Waals surface area contributed by atoms with Gasteiger partial charge in [0, 0.05) is 11.0 Å². The molecule has 1 atom stereocenters. The highest BCUT2D eigenvalue weighted by atomic mass is 32.2. The molecule has 1 aliphatic rings. The minimum Gasteiger partial charge on any atom is -0.383 e. The number of nitrogens with one attached hydrogen (secondary N) is 1. The number of amides is 1. The molecular formula is C20H21NO2S. The molecule has 0 aliphatic heterocycles. The number of thioether (sulfide) groups is 1. The predicted molar refractivity (Wildman–Crippen MR) is 98.9 cm³/mol. The molecule has 0 heterocycles. The van der Waals surface area contributed by atoms with Crippen molar-refractivity contribution >= 4 is 23.7 Å². The molecule has 4 heteroatoms. The van der Waals surface area contributed by atoms with Crippen molar-refractivity contribution in [3.05, 3.63) is 71.3 Å². The van der Waals surface area contributed by atoms with Gasteiger partial charge in [-0.1, -0.05) is 36.4 Å². The molecule has 0 aromatic heterocycles. The lowest BCUT2D eigenvalue weighted by molar-refractivity contribution is -0.117. The maximum atomic E-state index is 12.0. The van der Waals surface area contributed by atoms with Gasteiger partial charge in [0.25, 0.3) is 0 Å². The number of aliphatic hydroxyl groups is 1. The van der Waals surface area contributed by atoms with Crippen LogP contribution < -0.4 is 5.32 Å². The zero-order chi connectivity index (χ0) is 17.0. The lowest BCUT2D eigenvalue weighted by Gasteiger charge is -2.24. The summed E-state index contributed by atoms with van der Waals surface area (Å²) in [5, 5.41) is 13.6. The lowest BCUT2D eigenvalue weighted by atomic mass is 9.96. The third-order valence-electron chi connectivity index (χ3n) is 4.42. The highest BCUT2D eigenvalue weighted by Gasteiger charge is 2.36. The minimum absolute atomic E-state index is 0.193. The molecular weight excluding hydrogens is 318 g/mol. The van der Waals surface area contributed by atoms with Crippen LogP contribution in [0.4, 0.5) is 0 Å². The van der Waals surface area contributed by atoms with Crippen molar-refractivity contribution in [2.75, 3.05) is 12.8 Å². The molecule has 0 saturated heterocycles. The van der Waals surface area contributed by atoms with E-state index in [0.717, 1.165) is 17.5 Å². The van der Waals surface area contributed by atoms with Gasteiger partial charge in [0.15, 0.2) is 0 Å². The zero-order valence-corrected chi connectivity index (χ0v) is 14.5. The van der Waals surface area contributed by atoms with Crippen molar-refractivity contribution in [2.24, 2.45) is 0 Å². The second-order valence-corrected chi connectivity index (χ2v) is 6.89. The molecule has 0 radical (unpaired) electrons. The SMILES string of the molecule is CSc1ccc(/C=C/C(=O)NCC2(O)CCc3ccccc32)cc1. The van der Waals surface area contributed by atoms with E-state index in [-0.39, 0.29) is 12.5 Å². The minimum atomic E-state index is -0.958. The second-order valence-electron chi connectivity index (χ2n) is 6.01. The number of carbonyl (C=O) groups is 1. The second kappa shape index (κ2) is 7.24. The molecule has 0 bridgehead atoms. The van der Waals surface area contributed by atoms with Gasteiger partial charge in [0.2, 0.25) is 5.91 Å². The maximum Gasteiger partial charge on any atom is 0.244 e. The molecule has 3 nitrogen and oxygen atoms in total. The van der Waals surface area contributed by atoms with Crippen LogP contribution >= 0.6 is 11.8 Å². The zero-order valence-electron chi connectivity index (χ0n) is 13.7. The molecule has 124 valence electrons. The summed E-state index contributed by atoms with van der Waals surface area (Å²) in [5.74, 6) is -0.193. The van der Waals surface area contributed by atoms with Crippen LogP contribution in [0.3, 0.4) is 0 Å². The van der Waals surface area contributed by atoms with Crippen LogP contribution in [0.25, 0.3) is 6.08 Å². The molecule has 2 N–H and O–H groups in total. The van der Waals surface area contributed by atoms with E-state index < -0.39 is 5.60 Å². The van der Waals surface area contributed by atoms with E-state index in [1.165, 1.54) is 16.5 Å². The van der Waals surface area contributed by atoms with Gasteiger partial charge in [-0.25, -0.2) is 0 Å². The molecule has 1 unspecified atom stereocenters. The summed E-state index contributed by atoms with van der Waals surface area (Å²) in [5.41, 5.74) is 2.12. The first kappa shape index (κ1) is 16.8. The van der Waals surface area contributed by atoms with Gasteiger partial charge < -0.3 is 10.4 Å². The highest BCUT2D eigenvalue weighted by molar-refractivity contribution is 7.98. The van der Waals surface area contributed by atoms with Crippen molar-refractivity contribution < 1.29 is 9.90 Å². The molecule has 0 fully saturated rings. The Balaban J connectivity index is 1.58. The first-order valence-electron chi connectivity index (χ1n) is 8.01. The Morgan fingerprint density at radius 1 is 1.25 bits per heavy atom. The Kier molecular flexibility index (Phi) is 5.07. The fraction of sp³-hybridized carbons (Fsp3) is 0.250. The number of benzene rings is 2. The molecule has 24 heavy (non-hydrogen) atoms. The van der Waals surface area contributed by atoms with Crippen LogP contribution in [0, 0.1) is 0 Å². The van der Waals surface area contributed by atoms with E-state index in [0.29, 0.717) is 6.42 Å². The van der Waals surface area contributed by atoms with E-state index in [9.17, 15) is 9.90 Å². The molecule has 0 saturated carbocycles. The molecule has 1 amide bonds. The third-order valence-corrected chi connectivity index (χ3v) is 5.17. The smallest absolute Gasteiger partial charge is 0.244 e. The summed E-state index contributed by atoms with van der Waals surface area (Å²) in [4.78, 5) is 13.2. The summed E-state index contributed by atoms with van der Waals surface area (Å²) in [6.07, 6.45) is 6.82. The predicted octanol–water partition coefficient (Wildman–Crippen LogP) is 3.37. The maximum absolute atomic E-state index is 12.0. The van der Waals surface area contributed by atoms with Crippen molar-refractivity contribution in [3.8, 4) is 0 Å². The van der Waals surface area contributed by atoms with Gasteiger partial charge in [-0.2, -0.15) is 0 Å². The molecule has 2 aromatic rings. The van der Waals surface area contributed by atoms with Crippen molar-refractivity contribution in [1.82, 2.24) is 5.32 Å². The molecule has 3 rings (SSSR count). The topological polar surface area (TPSA) is 49.3 Å². The van der Waals surface area contributed by atoms with Crippen LogP contribution in [-0.4, -0.2) is 23.8 Å². The van der Waals surface area contributed by atoms with E-state index >= 15 is 0 Å². The van der Waals surface area contributed by atoms with Crippen molar-refractivity contribution in [2.45, 2.75) is 23.3 Å². The summed E-state index contributed by atoms with van der Waals surface area (Å²) >= 11 is 1.69. The molecule has 2 aromatic carbocycles. The molecule has 0 spiro atoms. The largest absolute Gasteiger partial charge is 0.383 e. The standard InChI is InChI=1S/C20H21NO2S/c1-24-17-9-6-15(7-10-17)8-11-19(22)21-14-20(23)13-12-16-4-2-3-5-18(16)20/h2-11,23H,12-14H2,1H3,(H,21,22)/b11-8+. The summed E-state index contributed by atoms with van der Waals surface area (Å²) in [6, 6.07) is 15.9. The Morgan fingerprint density at radius 2 is 2.00 bits per heavy atom. The van der Waals surface area contributed by atoms with Crippen LogP contribution in [0.1, 0.15) is 23.1 Å². The normalized spacial score (nSPS) is 19.4. The van der Waals surface area contributed by atoms with Crippen molar-refractivity contribution in [1.29, 1.82) is 0 Å². The average Bonchev–Trinajstić information content (AvgIpc) is 2.96. The van der Waals surface area contributed by atoms with E-state index in [2.05, 4.69) is 5.32 Å². The van der Waals surface area contributed by atoms with E-state index in [1.807, 2.05) is 54.8 Å². The Hall–Kier alpha value is -2.04. The monoisotopic (exact) mass is 339 g/mol. The highest BCUT2D eigenvalue weighted by Crippen LogP contribution is 2.36. The van der Waals surface area contributed by atoms with Gasteiger partial charge in [0.1, 0.15) is 5.60 Å². The van der Waals surface area contributed by atoms with E-state index in [4.69, 9.17) is 0 Å². The Labute approximate surface area is 146 Å². The van der Waals surface area contributed by atoms with Crippen LogP contribution in [0.15, 0.2) is 59.5 Å². The Bertz CT molecular complexity index is 754. The average molecular weight is 339 g/mol. The number of hydrogen-bond donors (Lipinski definition) is 2. The fourth-order valence-electron chi connectivity index (χ4n) is 3.03.